The van der Waals surface area contributed by atoms with Gasteiger partial charge >= 0.3 is 6.09 Å². The predicted molar refractivity (Wildman–Crippen MR) is 120 cm³/mol. The average molecular weight is 437 g/mol. The van der Waals surface area contributed by atoms with Gasteiger partial charge in [-0.05, 0) is 48.8 Å². The molecule has 2 aromatic heterocycles. The fourth-order valence-corrected chi connectivity index (χ4v) is 4.14. The molecular formula is C23H24FN5O3. The van der Waals surface area contributed by atoms with Gasteiger partial charge in [-0.2, -0.15) is 0 Å². The molecule has 1 saturated carbocycles. The summed E-state index contributed by atoms with van der Waals surface area (Å²) in [6.45, 7) is 5.11. The lowest BCUT2D eigenvalue weighted by atomic mass is 9.84. The maximum atomic E-state index is 15.2. The van der Waals surface area contributed by atoms with Crippen molar-refractivity contribution in [3.63, 3.8) is 0 Å². The second-order valence-corrected chi connectivity index (χ2v) is 8.32. The molecule has 0 bridgehead atoms. The SMILES string of the molecule is Cc1c(-c2cc3cc(NC(=O)O[C@H]4CC[C@H]4C)ncc3c(N)c2F)cnc2c1NCCO2. The lowest BCUT2D eigenvalue weighted by Gasteiger charge is -2.32. The molecule has 1 aliphatic carbocycles. The van der Waals surface area contributed by atoms with Gasteiger partial charge in [-0.3, -0.25) is 5.32 Å². The molecule has 9 heteroatoms. The number of amides is 1. The molecule has 3 heterocycles. The zero-order valence-corrected chi connectivity index (χ0v) is 17.9. The Hall–Kier alpha value is -3.62. The molecule has 0 radical (unpaired) electrons. The van der Waals surface area contributed by atoms with E-state index in [0.29, 0.717) is 52.7 Å². The molecule has 32 heavy (non-hydrogen) atoms. The van der Waals surface area contributed by atoms with E-state index >= 15 is 4.39 Å². The van der Waals surface area contributed by atoms with E-state index in [0.717, 1.165) is 24.1 Å². The molecule has 0 saturated heterocycles. The number of fused-ring (bicyclic) bond motifs is 2. The summed E-state index contributed by atoms with van der Waals surface area (Å²) in [6.07, 6.45) is 4.34. The Morgan fingerprint density at radius 3 is 2.88 bits per heavy atom. The Kier molecular flexibility index (Phi) is 4.96. The van der Waals surface area contributed by atoms with E-state index in [4.69, 9.17) is 15.2 Å². The minimum atomic E-state index is -0.551. The van der Waals surface area contributed by atoms with Crippen LogP contribution in [0.4, 0.5) is 26.4 Å². The number of nitrogens with two attached hydrogens (primary N) is 1. The van der Waals surface area contributed by atoms with Gasteiger partial charge < -0.3 is 20.5 Å². The molecule has 1 aliphatic heterocycles. The highest BCUT2D eigenvalue weighted by Crippen LogP contribution is 2.39. The number of aromatic nitrogens is 2. The standard InChI is InChI=1S/C23H24FN5O3/c1-11-3-4-17(11)32-23(30)29-18-8-13-7-14(19(24)20(25)16(13)10-27-18)15-9-28-22-21(12(15)2)26-5-6-31-22/h7-11,17,26H,3-6,25H2,1-2H3,(H,27,29,30)/t11-,17+/m1/s1. The molecule has 166 valence electrons. The molecule has 2 atom stereocenters. The van der Waals surface area contributed by atoms with Crippen molar-refractivity contribution in [2.24, 2.45) is 5.92 Å². The number of hydrogen-bond acceptors (Lipinski definition) is 7. The monoisotopic (exact) mass is 437 g/mol. The van der Waals surface area contributed by atoms with E-state index in [1.165, 1.54) is 6.20 Å². The summed E-state index contributed by atoms with van der Waals surface area (Å²) < 4.78 is 26.2. The number of halogens is 1. The Morgan fingerprint density at radius 1 is 1.28 bits per heavy atom. The van der Waals surface area contributed by atoms with E-state index in [1.807, 2.05) is 13.8 Å². The number of nitrogen functional groups attached to an aromatic ring is 1. The topological polar surface area (TPSA) is 111 Å². The van der Waals surface area contributed by atoms with Crippen molar-refractivity contribution in [1.29, 1.82) is 0 Å². The van der Waals surface area contributed by atoms with Gasteiger partial charge in [0.05, 0.1) is 5.69 Å². The highest BCUT2D eigenvalue weighted by Gasteiger charge is 2.30. The molecule has 0 spiro atoms. The first-order valence-corrected chi connectivity index (χ1v) is 10.6. The first-order valence-electron chi connectivity index (χ1n) is 10.6. The minimum absolute atomic E-state index is 0.0104. The number of ether oxygens (including phenoxy) is 2. The fourth-order valence-electron chi connectivity index (χ4n) is 4.14. The maximum Gasteiger partial charge on any atom is 0.413 e. The highest BCUT2D eigenvalue weighted by molar-refractivity contribution is 5.99. The third kappa shape index (κ3) is 3.43. The molecule has 5 rings (SSSR count). The Bertz CT molecular complexity index is 1230. The van der Waals surface area contributed by atoms with Crippen molar-refractivity contribution >= 4 is 34.1 Å². The fraction of sp³-hybridized carbons (Fsp3) is 0.348. The minimum Gasteiger partial charge on any atom is -0.474 e. The summed E-state index contributed by atoms with van der Waals surface area (Å²) in [5, 5.41) is 7.01. The summed E-state index contributed by atoms with van der Waals surface area (Å²) in [5.41, 5.74) is 8.60. The Morgan fingerprint density at radius 2 is 2.12 bits per heavy atom. The molecule has 2 aliphatic rings. The van der Waals surface area contributed by atoms with Gasteiger partial charge in [0.25, 0.3) is 0 Å². The zero-order chi connectivity index (χ0) is 22.4. The highest BCUT2D eigenvalue weighted by atomic mass is 19.1. The normalized spacial score (nSPS) is 19.3. The molecule has 1 amide bonds. The molecule has 8 nitrogen and oxygen atoms in total. The number of carbonyl (C=O) groups is 1. The summed E-state index contributed by atoms with van der Waals surface area (Å²) >= 11 is 0. The Balaban J connectivity index is 1.50. The van der Waals surface area contributed by atoms with Gasteiger partial charge in [-0.25, -0.2) is 19.2 Å². The number of pyridine rings is 2. The van der Waals surface area contributed by atoms with Crippen LogP contribution >= 0.6 is 0 Å². The van der Waals surface area contributed by atoms with E-state index in [9.17, 15) is 4.79 Å². The van der Waals surface area contributed by atoms with E-state index in [1.54, 1.807) is 18.3 Å². The van der Waals surface area contributed by atoms with Crippen LogP contribution in [-0.4, -0.2) is 35.3 Å². The van der Waals surface area contributed by atoms with E-state index < -0.39 is 11.9 Å². The lowest BCUT2D eigenvalue weighted by Crippen LogP contribution is -2.35. The maximum absolute atomic E-state index is 15.2. The first-order chi connectivity index (χ1) is 15.4. The number of hydrogen-bond donors (Lipinski definition) is 3. The first kappa shape index (κ1) is 20.3. The van der Waals surface area contributed by atoms with Crippen molar-refractivity contribution in [3.8, 4) is 17.0 Å². The van der Waals surface area contributed by atoms with Crippen molar-refractivity contribution in [2.45, 2.75) is 32.8 Å². The second kappa shape index (κ2) is 7.81. The largest absolute Gasteiger partial charge is 0.474 e. The molecular weight excluding hydrogens is 413 g/mol. The second-order valence-electron chi connectivity index (χ2n) is 8.32. The number of anilines is 3. The van der Waals surface area contributed by atoms with Gasteiger partial charge in [0, 0.05) is 35.5 Å². The van der Waals surface area contributed by atoms with Crippen LogP contribution in [-0.2, 0) is 4.74 Å². The Labute approximate surface area is 184 Å². The summed E-state index contributed by atoms with van der Waals surface area (Å²) in [4.78, 5) is 20.7. The average Bonchev–Trinajstić information content (AvgIpc) is 2.79. The molecule has 1 aromatic carbocycles. The summed E-state index contributed by atoms with van der Waals surface area (Å²) in [5.74, 6) is 0.632. The van der Waals surface area contributed by atoms with Gasteiger partial charge in [-0.15, -0.1) is 0 Å². The van der Waals surface area contributed by atoms with Crippen LogP contribution in [0.15, 0.2) is 24.5 Å². The van der Waals surface area contributed by atoms with Crippen LogP contribution in [0.3, 0.4) is 0 Å². The smallest absolute Gasteiger partial charge is 0.413 e. The van der Waals surface area contributed by atoms with Crippen molar-refractivity contribution in [2.75, 3.05) is 29.5 Å². The number of nitrogens with zero attached hydrogens (tertiary/aromatic N) is 2. The molecule has 0 unspecified atom stereocenters. The van der Waals surface area contributed by atoms with Crippen LogP contribution in [0.5, 0.6) is 5.88 Å². The molecule has 4 N–H and O–H groups in total. The predicted octanol–water partition coefficient (Wildman–Crippen LogP) is 4.48. The summed E-state index contributed by atoms with van der Waals surface area (Å²) in [6, 6.07) is 3.34. The molecule has 3 aromatic rings. The van der Waals surface area contributed by atoms with Crippen LogP contribution in [0.25, 0.3) is 21.9 Å². The number of benzene rings is 1. The number of carbonyl (C=O) groups excluding carboxylic acids is 1. The van der Waals surface area contributed by atoms with Crippen molar-refractivity contribution in [3.05, 3.63) is 35.9 Å². The van der Waals surface area contributed by atoms with Gasteiger partial charge in [-0.1, -0.05) is 6.92 Å². The molecule has 1 fully saturated rings. The van der Waals surface area contributed by atoms with E-state index in [2.05, 4.69) is 20.6 Å². The van der Waals surface area contributed by atoms with Crippen LogP contribution in [0.2, 0.25) is 0 Å². The van der Waals surface area contributed by atoms with Gasteiger partial charge in [0.2, 0.25) is 5.88 Å². The van der Waals surface area contributed by atoms with Crippen LogP contribution in [0.1, 0.15) is 25.3 Å². The third-order valence-corrected chi connectivity index (χ3v) is 6.27. The van der Waals surface area contributed by atoms with Crippen LogP contribution in [0, 0.1) is 18.7 Å². The summed E-state index contributed by atoms with van der Waals surface area (Å²) in [7, 11) is 0. The van der Waals surface area contributed by atoms with Gasteiger partial charge in [0.15, 0.2) is 5.82 Å². The number of rotatable bonds is 3. The van der Waals surface area contributed by atoms with Crippen molar-refractivity contribution < 1.29 is 18.7 Å². The third-order valence-electron chi connectivity index (χ3n) is 6.27. The zero-order valence-electron chi connectivity index (χ0n) is 17.9. The lowest BCUT2D eigenvalue weighted by molar-refractivity contribution is 0.0172. The van der Waals surface area contributed by atoms with Crippen molar-refractivity contribution in [1.82, 2.24) is 9.97 Å². The van der Waals surface area contributed by atoms with Crippen LogP contribution < -0.4 is 21.1 Å². The number of nitrogens with one attached hydrogen (secondary N) is 2. The quantitative estimate of drug-likeness (QED) is 0.518. The van der Waals surface area contributed by atoms with Gasteiger partial charge in [0.1, 0.15) is 24.2 Å². The van der Waals surface area contributed by atoms with E-state index in [-0.39, 0.29) is 11.8 Å².